The maximum absolute atomic E-state index is 12.4. The molecular weight excluding hydrogens is 382 g/mol. The molecule has 136 valence electrons. The quantitative estimate of drug-likeness (QED) is 0.604. The van der Waals surface area contributed by atoms with E-state index in [9.17, 15) is 9.59 Å². The summed E-state index contributed by atoms with van der Waals surface area (Å²) in [4.78, 5) is 28.7. The van der Waals surface area contributed by atoms with Crippen molar-refractivity contribution in [3.05, 3.63) is 39.4 Å². The number of carbonyl (C=O) groups is 1. The third-order valence-electron chi connectivity index (χ3n) is 4.20. The van der Waals surface area contributed by atoms with E-state index in [2.05, 4.69) is 33.2 Å². The van der Waals surface area contributed by atoms with Gasteiger partial charge in [-0.25, -0.2) is 4.98 Å². The number of aromatic nitrogens is 2. The Morgan fingerprint density at radius 2 is 1.88 bits per heavy atom. The first-order valence-corrected chi connectivity index (χ1v) is 9.82. The van der Waals surface area contributed by atoms with Crippen LogP contribution in [0.4, 0.5) is 0 Å². The van der Waals surface area contributed by atoms with Gasteiger partial charge in [-0.2, -0.15) is 0 Å². The van der Waals surface area contributed by atoms with Gasteiger partial charge < -0.3 is 5.32 Å². The molecule has 2 aromatic rings. The number of hydrogen-bond donors (Lipinski definition) is 1. The van der Waals surface area contributed by atoms with E-state index in [-0.39, 0.29) is 18.0 Å². The van der Waals surface area contributed by atoms with Crippen molar-refractivity contribution in [2.75, 3.05) is 6.54 Å². The molecule has 1 N–H and O–H groups in total. The van der Waals surface area contributed by atoms with Crippen LogP contribution in [0, 0.1) is 0 Å². The Balaban J connectivity index is 1.78. The molecule has 0 saturated heterocycles. The van der Waals surface area contributed by atoms with Gasteiger partial charge in [-0.3, -0.25) is 14.2 Å². The van der Waals surface area contributed by atoms with E-state index >= 15 is 0 Å². The molecular formula is C19H26BrN3O2. The van der Waals surface area contributed by atoms with Crippen LogP contribution in [0.1, 0.15) is 51.9 Å². The molecule has 0 spiro atoms. The Morgan fingerprint density at radius 1 is 1.16 bits per heavy atom. The molecule has 0 aliphatic rings. The zero-order valence-electron chi connectivity index (χ0n) is 14.8. The van der Waals surface area contributed by atoms with Crippen molar-refractivity contribution < 1.29 is 4.79 Å². The van der Waals surface area contributed by atoms with Crippen molar-refractivity contribution in [3.63, 3.8) is 0 Å². The average molecular weight is 408 g/mol. The first-order chi connectivity index (χ1) is 12.1. The molecule has 0 unspecified atom stereocenters. The van der Waals surface area contributed by atoms with Crippen molar-refractivity contribution in [2.45, 2.75) is 58.4 Å². The SMILES string of the molecule is CCCCCCCCCNC(=O)Cn1cnc2ccc(Br)cc2c1=O. The Labute approximate surface area is 157 Å². The summed E-state index contributed by atoms with van der Waals surface area (Å²) in [6.07, 6.45) is 9.92. The Kier molecular flexibility index (Phi) is 8.12. The summed E-state index contributed by atoms with van der Waals surface area (Å²) in [5, 5.41) is 3.40. The molecule has 1 aromatic heterocycles. The van der Waals surface area contributed by atoms with Crippen LogP contribution in [0.3, 0.4) is 0 Å². The van der Waals surface area contributed by atoms with Crippen LogP contribution in [0.2, 0.25) is 0 Å². The molecule has 1 heterocycles. The lowest BCUT2D eigenvalue weighted by molar-refractivity contribution is -0.121. The molecule has 0 saturated carbocycles. The normalized spacial score (nSPS) is 11.0. The van der Waals surface area contributed by atoms with E-state index in [0.29, 0.717) is 17.4 Å². The summed E-state index contributed by atoms with van der Waals surface area (Å²) in [5.41, 5.74) is 0.435. The number of unbranched alkanes of at least 4 members (excludes halogenated alkanes) is 6. The molecule has 0 bridgehead atoms. The first-order valence-electron chi connectivity index (χ1n) is 9.03. The van der Waals surface area contributed by atoms with Gasteiger partial charge in [0.1, 0.15) is 6.54 Å². The highest BCUT2D eigenvalue weighted by molar-refractivity contribution is 9.10. The van der Waals surface area contributed by atoms with Gasteiger partial charge in [0.15, 0.2) is 0 Å². The van der Waals surface area contributed by atoms with Crippen LogP contribution in [0.25, 0.3) is 10.9 Å². The lowest BCUT2D eigenvalue weighted by atomic mass is 10.1. The molecule has 0 radical (unpaired) electrons. The van der Waals surface area contributed by atoms with E-state index in [0.717, 1.165) is 17.3 Å². The van der Waals surface area contributed by atoms with Gasteiger partial charge in [0.25, 0.3) is 5.56 Å². The van der Waals surface area contributed by atoms with E-state index in [1.54, 1.807) is 12.1 Å². The summed E-state index contributed by atoms with van der Waals surface area (Å²) in [6, 6.07) is 5.36. The molecule has 25 heavy (non-hydrogen) atoms. The largest absolute Gasteiger partial charge is 0.355 e. The van der Waals surface area contributed by atoms with Crippen molar-refractivity contribution >= 4 is 32.7 Å². The summed E-state index contributed by atoms with van der Waals surface area (Å²) in [6.45, 7) is 2.88. The van der Waals surface area contributed by atoms with Crippen LogP contribution in [-0.4, -0.2) is 22.0 Å². The maximum Gasteiger partial charge on any atom is 0.261 e. The molecule has 2 rings (SSSR count). The smallest absolute Gasteiger partial charge is 0.261 e. The number of benzene rings is 1. The van der Waals surface area contributed by atoms with Gasteiger partial charge in [0.2, 0.25) is 5.91 Å². The molecule has 6 heteroatoms. The summed E-state index contributed by atoms with van der Waals surface area (Å²) < 4.78 is 2.18. The fraction of sp³-hybridized carbons (Fsp3) is 0.526. The minimum atomic E-state index is -0.197. The van der Waals surface area contributed by atoms with E-state index in [1.807, 2.05) is 6.07 Å². The second-order valence-corrected chi connectivity index (χ2v) is 7.23. The van der Waals surface area contributed by atoms with Gasteiger partial charge in [-0.1, -0.05) is 61.4 Å². The van der Waals surface area contributed by atoms with Crippen molar-refractivity contribution in [1.82, 2.24) is 14.9 Å². The highest BCUT2D eigenvalue weighted by Crippen LogP contribution is 2.14. The molecule has 0 fully saturated rings. The second kappa shape index (κ2) is 10.3. The Morgan fingerprint density at radius 3 is 2.64 bits per heavy atom. The summed E-state index contributed by atoms with van der Waals surface area (Å²) in [7, 11) is 0. The number of amides is 1. The summed E-state index contributed by atoms with van der Waals surface area (Å²) in [5.74, 6) is -0.149. The maximum atomic E-state index is 12.4. The third-order valence-corrected chi connectivity index (χ3v) is 4.70. The number of halogens is 1. The van der Waals surface area contributed by atoms with Gasteiger partial charge in [-0.15, -0.1) is 0 Å². The van der Waals surface area contributed by atoms with Gasteiger partial charge in [-0.05, 0) is 24.6 Å². The molecule has 0 aliphatic carbocycles. The van der Waals surface area contributed by atoms with E-state index in [4.69, 9.17) is 0 Å². The van der Waals surface area contributed by atoms with Crippen molar-refractivity contribution in [3.8, 4) is 0 Å². The van der Waals surface area contributed by atoms with Crippen LogP contribution in [0.15, 0.2) is 33.8 Å². The standard InChI is InChI=1S/C19H26BrN3O2/c1-2-3-4-5-6-7-8-11-21-18(24)13-23-14-22-17-10-9-15(20)12-16(17)19(23)25/h9-10,12,14H,2-8,11,13H2,1H3,(H,21,24). The van der Waals surface area contributed by atoms with Crippen LogP contribution >= 0.6 is 15.9 Å². The molecule has 5 nitrogen and oxygen atoms in total. The minimum absolute atomic E-state index is 0.00475. The zero-order valence-corrected chi connectivity index (χ0v) is 16.3. The first kappa shape index (κ1) is 19.6. The Hall–Kier alpha value is -1.69. The minimum Gasteiger partial charge on any atom is -0.355 e. The molecule has 1 aromatic carbocycles. The molecule has 0 atom stereocenters. The average Bonchev–Trinajstić information content (AvgIpc) is 2.60. The van der Waals surface area contributed by atoms with Gasteiger partial charge in [0.05, 0.1) is 17.2 Å². The van der Waals surface area contributed by atoms with Crippen LogP contribution in [0.5, 0.6) is 0 Å². The predicted molar refractivity (Wildman–Crippen MR) is 105 cm³/mol. The second-order valence-electron chi connectivity index (χ2n) is 6.31. The number of rotatable bonds is 10. The van der Waals surface area contributed by atoms with E-state index < -0.39 is 0 Å². The van der Waals surface area contributed by atoms with Crippen molar-refractivity contribution in [2.24, 2.45) is 0 Å². The predicted octanol–water partition coefficient (Wildman–Crippen LogP) is 4.03. The van der Waals surface area contributed by atoms with Crippen LogP contribution in [-0.2, 0) is 11.3 Å². The lowest BCUT2D eigenvalue weighted by Gasteiger charge is -2.08. The number of carbonyl (C=O) groups excluding carboxylic acids is 1. The monoisotopic (exact) mass is 407 g/mol. The topological polar surface area (TPSA) is 64.0 Å². The number of hydrogen-bond acceptors (Lipinski definition) is 3. The van der Waals surface area contributed by atoms with Crippen LogP contribution < -0.4 is 10.9 Å². The van der Waals surface area contributed by atoms with Crippen molar-refractivity contribution in [1.29, 1.82) is 0 Å². The molecule has 0 aliphatic heterocycles. The fourth-order valence-electron chi connectivity index (χ4n) is 2.76. The number of nitrogens with zero attached hydrogens (tertiary/aromatic N) is 2. The number of nitrogens with one attached hydrogen (secondary N) is 1. The highest BCUT2D eigenvalue weighted by Gasteiger charge is 2.08. The zero-order chi connectivity index (χ0) is 18.1. The number of fused-ring (bicyclic) bond motifs is 1. The molecule has 1 amide bonds. The highest BCUT2D eigenvalue weighted by atomic mass is 79.9. The summed E-state index contributed by atoms with van der Waals surface area (Å²) >= 11 is 3.36. The van der Waals surface area contributed by atoms with E-state index in [1.165, 1.54) is 43.0 Å². The van der Waals surface area contributed by atoms with Gasteiger partial charge in [0, 0.05) is 11.0 Å². The lowest BCUT2D eigenvalue weighted by Crippen LogP contribution is -2.33. The fourth-order valence-corrected chi connectivity index (χ4v) is 3.13. The van der Waals surface area contributed by atoms with Gasteiger partial charge >= 0.3 is 0 Å². The Bertz CT molecular complexity index is 758. The third kappa shape index (κ3) is 6.27.